The first-order valence-corrected chi connectivity index (χ1v) is 5.75. The summed E-state index contributed by atoms with van der Waals surface area (Å²) >= 11 is 5.09. The fraction of sp³-hybridized carbons (Fsp3) is 0.900. The zero-order valence-corrected chi connectivity index (χ0v) is 9.25. The molecule has 0 radical (unpaired) electrons. The van der Waals surface area contributed by atoms with Gasteiger partial charge in [-0.2, -0.15) is 0 Å². The Kier molecular flexibility index (Phi) is 5.13. The lowest BCUT2D eigenvalue weighted by Gasteiger charge is -2.08. The summed E-state index contributed by atoms with van der Waals surface area (Å²) in [6, 6.07) is 0. The normalized spacial score (nSPS) is 15.5. The van der Waals surface area contributed by atoms with E-state index >= 15 is 0 Å². The van der Waals surface area contributed by atoms with Crippen molar-refractivity contribution >= 4 is 17.3 Å². The average molecular weight is 200 g/mol. The third-order valence-corrected chi connectivity index (χ3v) is 2.60. The molecule has 0 unspecified atom stereocenters. The molecule has 0 amide bonds. The van der Waals surface area contributed by atoms with Gasteiger partial charge in [-0.1, -0.05) is 19.8 Å². The summed E-state index contributed by atoms with van der Waals surface area (Å²) in [5.41, 5.74) is 0. The minimum atomic E-state index is 0.817. The van der Waals surface area contributed by atoms with E-state index < -0.39 is 0 Å². The maximum Gasteiger partial charge on any atom is 0.166 e. The number of rotatable bonds is 6. The monoisotopic (exact) mass is 200 g/mol. The van der Waals surface area contributed by atoms with E-state index in [9.17, 15) is 0 Å². The number of hydrogen-bond acceptors (Lipinski definition) is 1. The summed E-state index contributed by atoms with van der Waals surface area (Å²) in [6.45, 7) is 4.16. The molecule has 2 N–H and O–H groups in total. The topological polar surface area (TPSA) is 24.1 Å². The van der Waals surface area contributed by atoms with Crippen LogP contribution in [0.2, 0.25) is 0 Å². The molecule has 0 aromatic rings. The SMILES string of the molecule is CCCNC(=S)NCCCC1CC1. The maximum absolute atomic E-state index is 5.09. The maximum atomic E-state index is 5.09. The lowest BCUT2D eigenvalue weighted by atomic mass is 10.2. The van der Waals surface area contributed by atoms with E-state index in [0.29, 0.717) is 0 Å². The van der Waals surface area contributed by atoms with E-state index in [1.807, 2.05) is 0 Å². The van der Waals surface area contributed by atoms with Crippen LogP contribution in [0.3, 0.4) is 0 Å². The zero-order valence-electron chi connectivity index (χ0n) is 8.44. The van der Waals surface area contributed by atoms with Crippen molar-refractivity contribution in [3.8, 4) is 0 Å². The van der Waals surface area contributed by atoms with E-state index in [0.717, 1.165) is 30.5 Å². The van der Waals surface area contributed by atoms with Crippen molar-refractivity contribution in [1.82, 2.24) is 10.6 Å². The Bertz CT molecular complexity index is 155. The highest BCUT2D eigenvalue weighted by atomic mass is 32.1. The van der Waals surface area contributed by atoms with Crippen molar-refractivity contribution in [1.29, 1.82) is 0 Å². The van der Waals surface area contributed by atoms with Crippen molar-refractivity contribution in [3.63, 3.8) is 0 Å². The van der Waals surface area contributed by atoms with Gasteiger partial charge in [-0.15, -0.1) is 0 Å². The molecule has 0 heterocycles. The summed E-state index contributed by atoms with van der Waals surface area (Å²) < 4.78 is 0. The second-order valence-corrected chi connectivity index (χ2v) is 4.18. The Morgan fingerprint density at radius 1 is 1.31 bits per heavy atom. The van der Waals surface area contributed by atoms with Crippen LogP contribution < -0.4 is 10.6 Å². The van der Waals surface area contributed by atoms with Crippen molar-refractivity contribution in [3.05, 3.63) is 0 Å². The van der Waals surface area contributed by atoms with E-state index in [-0.39, 0.29) is 0 Å². The molecule has 1 aliphatic rings. The quantitative estimate of drug-likeness (QED) is 0.507. The summed E-state index contributed by atoms with van der Waals surface area (Å²) in [5, 5.41) is 7.19. The molecule has 0 spiro atoms. The molecule has 0 aromatic heterocycles. The van der Waals surface area contributed by atoms with Gasteiger partial charge < -0.3 is 10.6 Å². The minimum absolute atomic E-state index is 0.817. The van der Waals surface area contributed by atoms with Gasteiger partial charge in [0, 0.05) is 13.1 Å². The smallest absolute Gasteiger partial charge is 0.166 e. The van der Waals surface area contributed by atoms with Crippen LogP contribution in [0.15, 0.2) is 0 Å². The second-order valence-electron chi connectivity index (χ2n) is 3.77. The van der Waals surface area contributed by atoms with Gasteiger partial charge in [0.1, 0.15) is 0 Å². The molecule has 0 aromatic carbocycles. The van der Waals surface area contributed by atoms with Gasteiger partial charge in [-0.05, 0) is 37.4 Å². The van der Waals surface area contributed by atoms with Crippen LogP contribution in [0.25, 0.3) is 0 Å². The van der Waals surface area contributed by atoms with Crippen molar-refractivity contribution < 1.29 is 0 Å². The first-order valence-electron chi connectivity index (χ1n) is 5.34. The molecule has 76 valence electrons. The third-order valence-electron chi connectivity index (χ3n) is 2.31. The molecule has 2 nitrogen and oxygen atoms in total. The second kappa shape index (κ2) is 6.19. The van der Waals surface area contributed by atoms with Crippen molar-refractivity contribution in [2.45, 2.75) is 39.0 Å². The van der Waals surface area contributed by atoms with Gasteiger partial charge in [0.25, 0.3) is 0 Å². The van der Waals surface area contributed by atoms with Crippen LogP contribution in [-0.4, -0.2) is 18.2 Å². The Labute approximate surface area is 86.5 Å². The number of hydrogen-bond donors (Lipinski definition) is 2. The standard InChI is InChI=1S/C10H20N2S/c1-2-7-11-10(13)12-8-3-4-9-5-6-9/h9H,2-8H2,1H3,(H2,11,12,13). The fourth-order valence-electron chi connectivity index (χ4n) is 1.30. The third kappa shape index (κ3) is 5.86. The molecule has 1 rings (SSSR count). The lowest BCUT2D eigenvalue weighted by Crippen LogP contribution is -2.36. The van der Waals surface area contributed by atoms with E-state index in [4.69, 9.17) is 12.2 Å². The first kappa shape index (κ1) is 10.8. The molecule has 1 fully saturated rings. The van der Waals surface area contributed by atoms with Crippen LogP contribution in [0.1, 0.15) is 39.0 Å². The summed E-state index contributed by atoms with van der Waals surface area (Å²) in [7, 11) is 0. The predicted molar refractivity (Wildman–Crippen MR) is 60.9 cm³/mol. The molecule has 0 aliphatic heterocycles. The Balaban J connectivity index is 1.82. The van der Waals surface area contributed by atoms with Gasteiger partial charge in [0.05, 0.1) is 0 Å². The van der Waals surface area contributed by atoms with Crippen LogP contribution in [-0.2, 0) is 0 Å². The lowest BCUT2D eigenvalue weighted by molar-refractivity contribution is 0.647. The Hall–Kier alpha value is -0.310. The molecular weight excluding hydrogens is 180 g/mol. The number of nitrogens with one attached hydrogen (secondary N) is 2. The van der Waals surface area contributed by atoms with Gasteiger partial charge >= 0.3 is 0 Å². The molecule has 0 saturated heterocycles. The van der Waals surface area contributed by atoms with Crippen LogP contribution in [0.4, 0.5) is 0 Å². The summed E-state index contributed by atoms with van der Waals surface area (Å²) in [4.78, 5) is 0. The van der Waals surface area contributed by atoms with Gasteiger partial charge in [0.2, 0.25) is 0 Å². The molecule has 1 aliphatic carbocycles. The van der Waals surface area contributed by atoms with Crippen LogP contribution in [0.5, 0.6) is 0 Å². The first-order chi connectivity index (χ1) is 6.33. The number of thiocarbonyl (C=S) groups is 1. The van der Waals surface area contributed by atoms with Crippen LogP contribution in [0, 0.1) is 5.92 Å². The highest BCUT2D eigenvalue weighted by Gasteiger charge is 2.19. The largest absolute Gasteiger partial charge is 0.363 e. The summed E-state index contributed by atoms with van der Waals surface area (Å²) in [5.74, 6) is 1.04. The molecule has 3 heteroatoms. The minimum Gasteiger partial charge on any atom is -0.363 e. The predicted octanol–water partition coefficient (Wildman–Crippen LogP) is 2.05. The Morgan fingerprint density at radius 2 is 2.00 bits per heavy atom. The van der Waals surface area contributed by atoms with Crippen LogP contribution >= 0.6 is 12.2 Å². The van der Waals surface area contributed by atoms with E-state index in [1.54, 1.807) is 0 Å². The van der Waals surface area contributed by atoms with Gasteiger partial charge in [0.15, 0.2) is 5.11 Å². The van der Waals surface area contributed by atoms with Gasteiger partial charge in [-0.25, -0.2) is 0 Å². The molecule has 0 atom stereocenters. The average Bonchev–Trinajstić information content (AvgIpc) is 2.92. The Morgan fingerprint density at radius 3 is 2.62 bits per heavy atom. The molecule has 0 bridgehead atoms. The molecular formula is C10H20N2S. The highest BCUT2D eigenvalue weighted by Crippen LogP contribution is 2.33. The van der Waals surface area contributed by atoms with Crippen molar-refractivity contribution in [2.75, 3.05) is 13.1 Å². The van der Waals surface area contributed by atoms with E-state index in [2.05, 4.69) is 17.6 Å². The zero-order chi connectivity index (χ0) is 9.52. The highest BCUT2D eigenvalue weighted by molar-refractivity contribution is 7.80. The van der Waals surface area contributed by atoms with Crippen molar-refractivity contribution in [2.24, 2.45) is 5.92 Å². The molecule has 1 saturated carbocycles. The fourth-order valence-corrected chi connectivity index (χ4v) is 1.50. The summed E-state index contributed by atoms with van der Waals surface area (Å²) in [6.07, 6.45) is 6.68. The van der Waals surface area contributed by atoms with E-state index in [1.165, 1.54) is 25.7 Å². The molecule has 13 heavy (non-hydrogen) atoms. The van der Waals surface area contributed by atoms with Gasteiger partial charge in [-0.3, -0.25) is 0 Å².